The molecule has 0 unspecified atom stereocenters. The van der Waals surface area contributed by atoms with E-state index in [1.807, 2.05) is 0 Å². The van der Waals surface area contributed by atoms with Gasteiger partial charge in [-0.15, -0.1) is 0 Å². The third-order valence-electron chi connectivity index (χ3n) is 2.65. The van der Waals surface area contributed by atoms with Crippen molar-refractivity contribution in [2.75, 3.05) is 10.1 Å². The molecule has 2 aromatic rings. The Kier molecular flexibility index (Phi) is 4.12. The Morgan fingerprint density at radius 2 is 2.00 bits per heavy atom. The van der Waals surface area contributed by atoms with Crippen molar-refractivity contribution in [2.45, 2.75) is 11.8 Å². The quantitative estimate of drug-likeness (QED) is 0.593. The van der Waals surface area contributed by atoms with Crippen LogP contribution in [0.3, 0.4) is 0 Å². The number of anilines is 2. The van der Waals surface area contributed by atoms with Gasteiger partial charge >= 0.3 is 0 Å². The van der Waals surface area contributed by atoms with Crippen LogP contribution in [0.15, 0.2) is 41.4 Å². The number of nitrogens with one attached hydrogen (secondary N) is 2. The summed E-state index contributed by atoms with van der Waals surface area (Å²) in [5.41, 5.74) is 3.41. The van der Waals surface area contributed by atoms with Crippen molar-refractivity contribution in [1.82, 2.24) is 4.98 Å². The Labute approximate surface area is 122 Å². The van der Waals surface area contributed by atoms with Crippen molar-refractivity contribution in [3.63, 3.8) is 0 Å². The first kappa shape index (κ1) is 14.6. The first-order valence-corrected chi connectivity index (χ1v) is 7.51. The van der Waals surface area contributed by atoms with E-state index in [2.05, 4.69) is 15.1 Å². The highest BCUT2D eigenvalue weighted by Gasteiger charge is 2.17. The van der Waals surface area contributed by atoms with Crippen molar-refractivity contribution in [2.24, 2.45) is 5.84 Å². The number of pyridine rings is 1. The van der Waals surface area contributed by atoms with Crippen molar-refractivity contribution < 1.29 is 8.42 Å². The van der Waals surface area contributed by atoms with Crippen LogP contribution >= 0.6 is 11.6 Å². The molecule has 6 nitrogen and oxygen atoms in total. The summed E-state index contributed by atoms with van der Waals surface area (Å²) in [6.45, 7) is 1.77. The van der Waals surface area contributed by atoms with Crippen LogP contribution in [-0.2, 0) is 10.0 Å². The van der Waals surface area contributed by atoms with E-state index in [0.29, 0.717) is 16.5 Å². The fraction of sp³-hybridized carbons (Fsp3) is 0.0833. The molecule has 0 saturated heterocycles. The van der Waals surface area contributed by atoms with E-state index in [4.69, 9.17) is 17.4 Å². The van der Waals surface area contributed by atoms with Gasteiger partial charge in [0.1, 0.15) is 10.7 Å². The molecule has 0 bridgehead atoms. The lowest BCUT2D eigenvalue weighted by Crippen LogP contribution is -2.15. The summed E-state index contributed by atoms with van der Waals surface area (Å²) < 4.78 is 26.9. The van der Waals surface area contributed by atoms with Gasteiger partial charge in [-0.2, -0.15) is 0 Å². The Balaban J connectivity index is 2.35. The number of hydrazine groups is 1. The van der Waals surface area contributed by atoms with Crippen LogP contribution in [0.1, 0.15) is 5.56 Å². The Morgan fingerprint density at radius 3 is 2.55 bits per heavy atom. The maximum absolute atomic E-state index is 12.2. The maximum Gasteiger partial charge on any atom is 0.263 e. The molecule has 2 rings (SSSR count). The lowest BCUT2D eigenvalue weighted by atomic mass is 10.2. The number of hydrogen-bond acceptors (Lipinski definition) is 5. The van der Waals surface area contributed by atoms with E-state index in [-0.39, 0.29) is 4.90 Å². The second-order valence-electron chi connectivity index (χ2n) is 4.06. The number of nitrogen functional groups attached to an aromatic ring is 1. The maximum atomic E-state index is 12.2. The number of aromatic nitrogens is 1. The molecule has 0 radical (unpaired) electrons. The van der Waals surface area contributed by atoms with Gasteiger partial charge in [-0.25, -0.2) is 19.2 Å². The van der Waals surface area contributed by atoms with Gasteiger partial charge in [-0.05, 0) is 30.7 Å². The number of sulfonamides is 1. The summed E-state index contributed by atoms with van der Waals surface area (Å²) in [4.78, 5) is 3.89. The van der Waals surface area contributed by atoms with Crippen LogP contribution in [0.4, 0.5) is 11.5 Å². The number of para-hydroxylation sites is 1. The molecule has 0 aliphatic heterocycles. The van der Waals surface area contributed by atoms with Gasteiger partial charge in [0.25, 0.3) is 10.0 Å². The number of benzene rings is 1. The van der Waals surface area contributed by atoms with E-state index in [1.165, 1.54) is 18.3 Å². The minimum atomic E-state index is -3.75. The van der Waals surface area contributed by atoms with E-state index < -0.39 is 10.0 Å². The lowest BCUT2D eigenvalue weighted by Gasteiger charge is -2.12. The van der Waals surface area contributed by atoms with Crippen LogP contribution < -0.4 is 16.0 Å². The molecular weight excluding hydrogens is 300 g/mol. The van der Waals surface area contributed by atoms with Gasteiger partial charge in [0.05, 0.1) is 10.7 Å². The zero-order valence-electron chi connectivity index (χ0n) is 10.6. The number of rotatable bonds is 4. The molecule has 0 aliphatic rings. The zero-order chi connectivity index (χ0) is 14.8. The van der Waals surface area contributed by atoms with Crippen molar-refractivity contribution in [3.05, 3.63) is 47.1 Å². The van der Waals surface area contributed by atoms with Gasteiger partial charge in [0.15, 0.2) is 0 Å². The molecule has 0 fully saturated rings. The van der Waals surface area contributed by atoms with Crippen molar-refractivity contribution in [1.29, 1.82) is 0 Å². The summed E-state index contributed by atoms with van der Waals surface area (Å²) in [6.07, 6.45) is 1.21. The van der Waals surface area contributed by atoms with Crippen LogP contribution in [-0.4, -0.2) is 13.4 Å². The summed E-state index contributed by atoms with van der Waals surface area (Å²) >= 11 is 6.00. The normalized spacial score (nSPS) is 11.2. The summed E-state index contributed by atoms with van der Waals surface area (Å²) in [5.74, 6) is 5.55. The molecule has 8 heteroatoms. The van der Waals surface area contributed by atoms with Crippen molar-refractivity contribution >= 4 is 33.1 Å². The molecule has 1 aromatic heterocycles. The topological polar surface area (TPSA) is 97.1 Å². The number of nitrogens with two attached hydrogens (primary N) is 1. The Bertz CT molecular complexity index is 696. The summed E-state index contributed by atoms with van der Waals surface area (Å²) in [7, 11) is -3.75. The lowest BCUT2D eigenvalue weighted by molar-refractivity contribution is 0.601. The van der Waals surface area contributed by atoms with Crippen molar-refractivity contribution in [3.8, 4) is 0 Å². The standard InChI is InChI=1S/C12H13ClN4O2S/c1-8-3-2-4-10(13)12(8)17-20(18,19)9-5-6-11(16-14)15-7-9/h2-7,17H,14H2,1H3,(H,15,16). The third-order valence-corrected chi connectivity index (χ3v) is 4.30. The monoisotopic (exact) mass is 312 g/mol. The van der Waals surface area contributed by atoms with E-state index in [9.17, 15) is 8.42 Å². The molecule has 1 aromatic carbocycles. The smallest absolute Gasteiger partial charge is 0.263 e. The fourth-order valence-electron chi connectivity index (χ4n) is 1.58. The van der Waals surface area contributed by atoms with Gasteiger partial charge in [0.2, 0.25) is 0 Å². The average Bonchev–Trinajstić information content (AvgIpc) is 2.43. The van der Waals surface area contributed by atoms with Gasteiger partial charge in [-0.3, -0.25) is 4.72 Å². The number of halogens is 1. The second-order valence-corrected chi connectivity index (χ2v) is 6.15. The van der Waals surface area contributed by atoms with Crippen LogP contribution in [0, 0.1) is 6.92 Å². The first-order chi connectivity index (χ1) is 9.44. The molecule has 0 amide bonds. The molecule has 0 atom stereocenters. The highest BCUT2D eigenvalue weighted by atomic mass is 35.5. The molecule has 0 spiro atoms. The van der Waals surface area contributed by atoms with Gasteiger partial charge < -0.3 is 5.43 Å². The van der Waals surface area contributed by atoms with Crippen LogP contribution in [0.25, 0.3) is 0 Å². The molecular formula is C12H13ClN4O2S. The minimum absolute atomic E-state index is 0.0239. The predicted molar refractivity (Wildman–Crippen MR) is 79.0 cm³/mol. The Morgan fingerprint density at radius 1 is 1.25 bits per heavy atom. The average molecular weight is 313 g/mol. The number of nitrogens with zero attached hydrogens (tertiary/aromatic N) is 1. The highest BCUT2D eigenvalue weighted by Crippen LogP contribution is 2.27. The summed E-state index contributed by atoms with van der Waals surface area (Å²) in [6, 6.07) is 8.00. The largest absolute Gasteiger partial charge is 0.308 e. The highest BCUT2D eigenvalue weighted by molar-refractivity contribution is 7.92. The molecule has 0 aliphatic carbocycles. The number of hydrogen-bond donors (Lipinski definition) is 3. The minimum Gasteiger partial charge on any atom is -0.308 e. The molecule has 0 saturated carbocycles. The third kappa shape index (κ3) is 3.01. The molecule has 106 valence electrons. The fourth-order valence-corrected chi connectivity index (χ4v) is 3.00. The Hall–Kier alpha value is -1.83. The number of aryl methyl sites for hydroxylation is 1. The van der Waals surface area contributed by atoms with E-state index >= 15 is 0 Å². The van der Waals surface area contributed by atoms with E-state index in [1.54, 1.807) is 25.1 Å². The van der Waals surface area contributed by atoms with Gasteiger partial charge in [0, 0.05) is 6.20 Å². The molecule has 20 heavy (non-hydrogen) atoms. The van der Waals surface area contributed by atoms with Crippen LogP contribution in [0.5, 0.6) is 0 Å². The van der Waals surface area contributed by atoms with E-state index in [0.717, 1.165) is 5.56 Å². The zero-order valence-corrected chi connectivity index (χ0v) is 12.2. The molecule has 4 N–H and O–H groups in total. The summed E-state index contributed by atoms with van der Waals surface area (Å²) in [5, 5.41) is 0.335. The molecule has 1 heterocycles. The van der Waals surface area contributed by atoms with Gasteiger partial charge in [-0.1, -0.05) is 23.7 Å². The van der Waals surface area contributed by atoms with Crippen LogP contribution in [0.2, 0.25) is 5.02 Å². The first-order valence-electron chi connectivity index (χ1n) is 5.64. The SMILES string of the molecule is Cc1cccc(Cl)c1NS(=O)(=O)c1ccc(NN)nc1. The predicted octanol–water partition coefficient (Wildman–Crippen LogP) is 2.13. The second kappa shape index (κ2) is 5.66.